The van der Waals surface area contributed by atoms with Gasteiger partial charge in [-0.05, 0) is 29.1 Å². The number of carbonyl (C=O) groups excluding carboxylic acids is 1. The molecule has 1 amide bonds. The predicted molar refractivity (Wildman–Crippen MR) is 74.7 cm³/mol. The summed E-state index contributed by atoms with van der Waals surface area (Å²) in [4.78, 5) is 23.1. The first-order chi connectivity index (χ1) is 9.65. The van der Waals surface area contributed by atoms with Crippen LogP contribution in [-0.2, 0) is 17.9 Å². The standard InChI is InChI=1S/C14H13NO4S/c16-13(17)11-5-3-10(4-6-11)8-15-14(18)19-9-12-2-1-7-20-12/h1-7H,8-9H2,(H,15,18)(H,16,17). The fourth-order valence-corrected chi connectivity index (χ4v) is 2.14. The summed E-state index contributed by atoms with van der Waals surface area (Å²) in [6.07, 6.45) is -0.499. The Morgan fingerprint density at radius 2 is 1.95 bits per heavy atom. The van der Waals surface area contributed by atoms with E-state index in [1.165, 1.54) is 23.5 Å². The third-order valence-electron chi connectivity index (χ3n) is 2.56. The van der Waals surface area contributed by atoms with Gasteiger partial charge < -0.3 is 15.2 Å². The molecule has 0 unspecified atom stereocenters. The van der Waals surface area contributed by atoms with Gasteiger partial charge >= 0.3 is 12.1 Å². The van der Waals surface area contributed by atoms with Crippen LogP contribution in [0.4, 0.5) is 4.79 Å². The molecule has 1 heterocycles. The van der Waals surface area contributed by atoms with Gasteiger partial charge in [0.1, 0.15) is 6.61 Å². The minimum absolute atomic E-state index is 0.217. The Bertz CT molecular complexity index is 578. The van der Waals surface area contributed by atoms with Crippen LogP contribution in [0.3, 0.4) is 0 Å². The van der Waals surface area contributed by atoms with Crippen molar-refractivity contribution in [2.75, 3.05) is 0 Å². The molecule has 1 aromatic heterocycles. The smallest absolute Gasteiger partial charge is 0.407 e. The van der Waals surface area contributed by atoms with E-state index in [9.17, 15) is 9.59 Å². The highest BCUT2D eigenvalue weighted by molar-refractivity contribution is 7.09. The summed E-state index contributed by atoms with van der Waals surface area (Å²) < 4.78 is 5.04. The van der Waals surface area contributed by atoms with Crippen molar-refractivity contribution in [1.82, 2.24) is 5.32 Å². The zero-order chi connectivity index (χ0) is 14.4. The summed E-state index contributed by atoms with van der Waals surface area (Å²) >= 11 is 1.52. The fraction of sp³-hybridized carbons (Fsp3) is 0.143. The van der Waals surface area contributed by atoms with Crippen molar-refractivity contribution >= 4 is 23.4 Å². The monoisotopic (exact) mass is 291 g/mol. The van der Waals surface area contributed by atoms with E-state index in [0.717, 1.165) is 10.4 Å². The Balaban J connectivity index is 1.76. The van der Waals surface area contributed by atoms with Gasteiger partial charge in [0.15, 0.2) is 0 Å². The molecule has 20 heavy (non-hydrogen) atoms. The maximum atomic E-state index is 11.5. The van der Waals surface area contributed by atoms with E-state index in [2.05, 4.69) is 5.32 Å². The normalized spacial score (nSPS) is 10.0. The summed E-state index contributed by atoms with van der Waals surface area (Å²) in [5.74, 6) is -0.972. The summed E-state index contributed by atoms with van der Waals surface area (Å²) in [7, 11) is 0. The molecule has 0 saturated carbocycles. The Morgan fingerprint density at radius 1 is 1.20 bits per heavy atom. The average Bonchev–Trinajstić information content (AvgIpc) is 2.96. The number of benzene rings is 1. The quantitative estimate of drug-likeness (QED) is 0.888. The SMILES string of the molecule is O=C(NCc1ccc(C(=O)O)cc1)OCc1cccs1. The van der Waals surface area contributed by atoms with Crippen molar-refractivity contribution in [3.8, 4) is 0 Å². The van der Waals surface area contributed by atoms with Crippen LogP contribution in [0.5, 0.6) is 0 Å². The molecule has 2 aromatic rings. The minimum Gasteiger partial charge on any atom is -0.478 e. The molecule has 2 rings (SSSR count). The molecule has 5 nitrogen and oxygen atoms in total. The van der Waals surface area contributed by atoms with Crippen LogP contribution in [0.1, 0.15) is 20.8 Å². The molecule has 2 N–H and O–H groups in total. The second kappa shape index (κ2) is 6.72. The van der Waals surface area contributed by atoms with Crippen molar-refractivity contribution < 1.29 is 19.4 Å². The number of alkyl carbamates (subject to hydrolysis) is 1. The number of ether oxygens (including phenoxy) is 1. The van der Waals surface area contributed by atoms with E-state index in [1.54, 1.807) is 12.1 Å². The number of carbonyl (C=O) groups is 2. The number of carboxylic acids is 1. The van der Waals surface area contributed by atoms with Crippen molar-refractivity contribution in [1.29, 1.82) is 0 Å². The highest BCUT2D eigenvalue weighted by Crippen LogP contribution is 2.09. The van der Waals surface area contributed by atoms with Crippen LogP contribution in [0, 0.1) is 0 Å². The van der Waals surface area contributed by atoms with Crippen LogP contribution in [0.2, 0.25) is 0 Å². The van der Waals surface area contributed by atoms with Crippen molar-refractivity contribution in [3.63, 3.8) is 0 Å². The summed E-state index contributed by atoms with van der Waals surface area (Å²) in [6, 6.07) is 10.1. The van der Waals surface area contributed by atoms with Crippen molar-refractivity contribution in [2.45, 2.75) is 13.2 Å². The van der Waals surface area contributed by atoms with E-state index in [-0.39, 0.29) is 12.2 Å². The van der Waals surface area contributed by atoms with Gasteiger partial charge in [-0.1, -0.05) is 18.2 Å². The maximum Gasteiger partial charge on any atom is 0.407 e. The highest BCUT2D eigenvalue weighted by atomic mass is 32.1. The Morgan fingerprint density at radius 3 is 2.55 bits per heavy atom. The van der Waals surface area contributed by atoms with Gasteiger partial charge in [-0.15, -0.1) is 11.3 Å². The van der Waals surface area contributed by atoms with Gasteiger partial charge in [0.05, 0.1) is 5.56 Å². The summed E-state index contributed by atoms with van der Waals surface area (Å²) in [6.45, 7) is 0.546. The highest BCUT2D eigenvalue weighted by Gasteiger charge is 2.05. The maximum absolute atomic E-state index is 11.5. The molecule has 0 saturated heterocycles. The zero-order valence-electron chi connectivity index (χ0n) is 10.5. The molecule has 1 aromatic carbocycles. The fourth-order valence-electron chi connectivity index (χ4n) is 1.52. The molecule has 0 fully saturated rings. The number of aromatic carboxylic acids is 1. The molecule has 0 atom stereocenters. The number of carboxylic acid groups (broad SMARTS) is 1. The van der Waals surface area contributed by atoms with Crippen molar-refractivity contribution in [3.05, 3.63) is 57.8 Å². The lowest BCUT2D eigenvalue weighted by Gasteiger charge is -2.06. The number of hydrogen-bond acceptors (Lipinski definition) is 4. The first-order valence-electron chi connectivity index (χ1n) is 5.90. The molecule has 0 aliphatic carbocycles. The van der Waals surface area contributed by atoms with Gasteiger partial charge in [0.2, 0.25) is 0 Å². The molecular formula is C14H13NO4S. The second-order valence-electron chi connectivity index (χ2n) is 4.01. The lowest BCUT2D eigenvalue weighted by molar-refractivity contribution is 0.0696. The Labute approximate surface area is 119 Å². The second-order valence-corrected chi connectivity index (χ2v) is 5.04. The Kier molecular flexibility index (Phi) is 4.73. The first kappa shape index (κ1) is 14.1. The van der Waals surface area contributed by atoms with Crippen LogP contribution >= 0.6 is 11.3 Å². The number of hydrogen-bond donors (Lipinski definition) is 2. The van der Waals surface area contributed by atoms with E-state index < -0.39 is 12.1 Å². The van der Waals surface area contributed by atoms with E-state index in [0.29, 0.717) is 6.54 Å². The van der Waals surface area contributed by atoms with Crippen molar-refractivity contribution in [2.24, 2.45) is 0 Å². The topological polar surface area (TPSA) is 75.6 Å². The van der Waals surface area contributed by atoms with E-state index in [4.69, 9.17) is 9.84 Å². The number of amides is 1. The molecule has 6 heteroatoms. The third kappa shape index (κ3) is 4.10. The minimum atomic E-state index is -0.972. The molecule has 0 aliphatic heterocycles. The summed E-state index contributed by atoms with van der Waals surface area (Å²) in [5, 5.41) is 13.3. The lowest BCUT2D eigenvalue weighted by atomic mass is 10.1. The molecule has 0 radical (unpaired) electrons. The largest absolute Gasteiger partial charge is 0.478 e. The van der Waals surface area contributed by atoms with Crippen LogP contribution in [0.25, 0.3) is 0 Å². The Hall–Kier alpha value is -2.34. The predicted octanol–water partition coefficient (Wildman–Crippen LogP) is 2.87. The molecular weight excluding hydrogens is 278 g/mol. The van der Waals surface area contributed by atoms with Gasteiger partial charge in [-0.2, -0.15) is 0 Å². The molecule has 0 aliphatic rings. The van der Waals surface area contributed by atoms with Gasteiger partial charge in [0.25, 0.3) is 0 Å². The third-order valence-corrected chi connectivity index (χ3v) is 3.41. The van der Waals surface area contributed by atoms with Crippen LogP contribution < -0.4 is 5.32 Å². The molecule has 104 valence electrons. The lowest BCUT2D eigenvalue weighted by Crippen LogP contribution is -2.23. The van der Waals surface area contributed by atoms with Crippen LogP contribution in [-0.4, -0.2) is 17.2 Å². The van der Waals surface area contributed by atoms with Crippen LogP contribution in [0.15, 0.2) is 41.8 Å². The molecule has 0 spiro atoms. The number of nitrogens with one attached hydrogen (secondary N) is 1. The van der Waals surface area contributed by atoms with Gasteiger partial charge in [0, 0.05) is 11.4 Å². The van der Waals surface area contributed by atoms with Gasteiger partial charge in [-0.25, -0.2) is 9.59 Å². The number of rotatable bonds is 5. The zero-order valence-corrected chi connectivity index (χ0v) is 11.4. The van der Waals surface area contributed by atoms with Gasteiger partial charge in [-0.3, -0.25) is 0 Å². The molecule has 0 bridgehead atoms. The summed E-state index contributed by atoms with van der Waals surface area (Å²) in [5.41, 5.74) is 1.03. The van der Waals surface area contributed by atoms with E-state index in [1.807, 2.05) is 17.5 Å². The van der Waals surface area contributed by atoms with E-state index >= 15 is 0 Å². The number of thiophene rings is 1. The first-order valence-corrected chi connectivity index (χ1v) is 6.78. The average molecular weight is 291 g/mol.